The summed E-state index contributed by atoms with van der Waals surface area (Å²) in [6.45, 7) is 2.66. The van der Waals surface area contributed by atoms with Gasteiger partial charge in [-0.15, -0.1) is 10.2 Å². The number of halogens is 1. The van der Waals surface area contributed by atoms with Gasteiger partial charge in [0.25, 0.3) is 0 Å². The lowest BCUT2D eigenvalue weighted by molar-refractivity contribution is 0.553. The second kappa shape index (κ2) is 4.93. The fraction of sp³-hybridized carbons (Fsp3) is 0.167. The van der Waals surface area contributed by atoms with Crippen LogP contribution in [0.5, 0.6) is 0 Å². The first-order valence-corrected chi connectivity index (χ1v) is 6.66. The number of aromatic nitrogens is 6. The molecule has 0 fully saturated rings. The van der Waals surface area contributed by atoms with Gasteiger partial charge in [-0.25, -0.2) is 4.68 Å². The molecule has 2 heterocycles. The van der Waals surface area contributed by atoms with E-state index in [2.05, 4.69) is 36.4 Å². The summed E-state index contributed by atoms with van der Waals surface area (Å²) in [5, 5.41) is 16.6. The molecule has 0 unspecified atom stereocenters. The molecule has 0 aliphatic carbocycles. The Morgan fingerprint density at radius 2 is 2.00 bits per heavy atom. The Morgan fingerprint density at radius 3 is 2.68 bits per heavy atom. The zero-order valence-electron chi connectivity index (χ0n) is 10.2. The predicted octanol–water partition coefficient (Wildman–Crippen LogP) is 2.31. The standard InChI is InChI=1S/C12H11BrN6/c1-2-18-16-12(15-17-18)10-8-14-19(11(10)13)9-6-4-3-5-7-9/h3-8H,2H2,1H3. The molecule has 96 valence electrons. The molecule has 0 N–H and O–H groups in total. The monoisotopic (exact) mass is 318 g/mol. The van der Waals surface area contributed by atoms with Crippen LogP contribution in [0.1, 0.15) is 6.92 Å². The Labute approximate surface area is 118 Å². The number of rotatable bonds is 3. The summed E-state index contributed by atoms with van der Waals surface area (Å²) < 4.78 is 2.61. The van der Waals surface area contributed by atoms with E-state index in [1.807, 2.05) is 37.3 Å². The van der Waals surface area contributed by atoms with Crippen molar-refractivity contribution in [3.8, 4) is 17.1 Å². The smallest absolute Gasteiger partial charge is 0.209 e. The van der Waals surface area contributed by atoms with Crippen LogP contribution in [0, 0.1) is 0 Å². The minimum absolute atomic E-state index is 0.566. The lowest BCUT2D eigenvalue weighted by atomic mass is 10.3. The van der Waals surface area contributed by atoms with E-state index in [1.54, 1.807) is 15.7 Å². The van der Waals surface area contributed by atoms with Gasteiger partial charge in [0.15, 0.2) is 0 Å². The van der Waals surface area contributed by atoms with Crippen molar-refractivity contribution in [1.29, 1.82) is 0 Å². The van der Waals surface area contributed by atoms with Crippen LogP contribution >= 0.6 is 15.9 Å². The van der Waals surface area contributed by atoms with Gasteiger partial charge in [-0.2, -0.15) is 9.90 Å². The first-order chi connectivity index (χ1) is 9.29. The molecular weight excluding hydrogens is 308 g/mol. The normalized spacial score (nSPS) is 10.8. The fourth-order valence-electron chi connectivity index (χ4n) is 1.72. The second-order valence-corrected chi connectivity index (χ2v) is 4.65. The highest BCUT2D eigenvalue weighted by Gasteiger charge is 2.15. The van der Waals surface area contributed by atoms with Crippen LogP contribution in [0.15, 0.2) is 41.1 Å². The van der Waals surface area contributed by atoms with Crippen molar-refractivity contribution in [3.63, 3.8) is 0 Å². The average Bonchev–Trinajstić information content (AvgIpc) is 3.06. The van der Waals surface area contributed by atoms with Gasteiger partial charge in [0, 0.05) is 0 Å². The molecule has 0 amide bonds. The molecule has 0 radical (unpaired) electrons. The van der Waals surface area contributed by atoms with Crippen molar-refractivity contribution in [3.05, 3.63) is 41.1 Å². The fourth-order valence-corrected chi connectivity index (χ4v) is 2.29. The number of benzene rings is 1. The van der Waals surface area contributed by atoms with Gasteiger partial charge in [-0.05, 0) is 40.2 Å². The van der Waals surface area contributed by atoms with Crippen LogP contribution in [0.3, 0.4) is 0 Å². The molecule has 2 aromatic heterocycles. The molecule has 0 saturated heterocycles. The van der Waals surface area contributed by atoms with E-state index in [0.717, 1.165) is 15.9 Å². The van der Waals surface area contributed by atoms with Crippen LogP contribution in [0.25, 0.3) is 17.1 Å². The number of nitrogens with zero attached hydrogens (tertiary/aromatic N) is 6. The summed E-state index contributed by atoms with van der Waals surface area (Å²) in [6.07, 6.45) is 1.73. The van der Waals surface area contributed by atoms with Crippen molar-refractivity contribution in [2.75, 3.05) is 0 Å². The van der Waals surface area contributed by atoms with E-state index < -0.39 is 0 Å². The highest BCUT2D eigenvalue weighted by molar-refractivity contribution is 9.10. The summed E-state index contributed by atoms with van der Waals surface area (Å²) in [5.74, 6) is 0.566. The molecule has 0 saturated carbocycles. The Hall–Kier alpha value is -2.02. The van der Waals surface area contributed by atoms with Gasteiger partial charge in [0.05, 0.1) is 24.0 Å². The summed E-state index contributed by atoms with van der Waals surface area (Å²) >= 11 is 3.54. The lowest BCUT2D eigenvalue weighted by Crippen LogP contribution is -1.98. The molecule has 0 aliphatic heterocycles. The van der Waals surface area contributed by atoms with Crippen molar-refractivity contribution < 1.29 is 0 Å². The van der Waals surface area contributed by atoms with Crippen molar-refractivity contribution >= 4 is 15.9 Å². The van der Waals surface area contributed by atoms with Gasteiger partial charge >= 0.3 is 0 Å². The van der Waals surface area contributed by atoms with Gasteiger partial charge in [-0.1, -0.05) is 18.2 Å². The lowest BCUT2D eigenvalue weighted by Gasteiger charge is -2.02. The van der Waals surface area contributed by atoms with Crippen molar-refractivity contribution in [2.45, 2.75) is 13.5 Å². The predicted molar refractivity (Wildman–Crippen MR) is 73.7 cm³/mol. The van der Waals surface area contributed by atoms with Gasteiger partial charge in [0.2, 0.25) is 5.82 Å². The second-order valence-electron chi connectivity index (χ2n) is 3.90. The average molecular weight is 319 g/mol. The first kappa shape index (κ1) is 12.0. The van der Waals surface area contributed by atoms with E-state index in [4.69, 9.17) is 0 Å². The molecule has 0 bridgehead atoms. The van der Waals surface area contributed by atoms with Crippen LogP contribution in [-0.2, 0) is 6.54 Å². The van der Waals surface area contributed by atoms with Crippen LogP contribution in [0.2, 0.25) is 0 Å². The molecule has 1 aromatic carbocycles. The number of para-hydroxylation sites is 1. The molecular formula is C12H11BrN6. The molecule has 19 heavy (non-hydrogen) atoms. The maximum atomic E-state index is 4.35. The van der Waals surface area contributed by atoms with Crippen molar-refractivity contribution in [2.24, 2.45) is 0 Å². The SMILES string of the molecule is CCn1nnc(-c2cnn(-c3ccccc3)c2Br)n1. The molecule has 0 spiro atoms. The van der Waals surface area contributed by atoms with Crippen LogP contribution in [-0.4, -0.2) is 30.0 Å². The summed E-state index contributed by atoms with van der Waals surface area (Å²) in [6, 6.07) is 9.87. The van der Waals surface area contributed by atoms with Gasteiger partial charge < -0.3 is 0 Å². The van der Waals surface area contributed by atoms with Crippen LogP contribution in [0.4, 0.5) is 0 Å². The Kier molecular flexibility index (Phi) is 3.12. The minimum Gasteiger partial charge on any atom is -0.226 e. The first-order valence-electron chi connectivity index (χ1n) is 5.86. The zero-order chi connectivity index (χ0) is 13.2. The summed E-state index contributed by atoms with van der Waals surface area (Å²) in [5.41, 5.74) is 1.80. The third kappa shape index (κ3) is 2.17. The van der Waals surface area contributed by atoms with E-state index in [0.29, 0.717) is 12.4 Å². The molecule has 7 heteroatoms. The Morgan fingerprint density at radius 1 is 1.21 bits per heavy atom. The molecule has 3 aromatic rings. The maximum Gasteiger partial charge on any atom is 0.209 e. The quantitative estimate of drug-likeness (QED) is 0.743. The van der Waals surface area contributed by atoms with Gasteiger partial charge in [0.1, 0.15) is 4.60 Å². The van der Waals surface area contributed by atoms with Crippen molar-refractivity contribution in [1.82, 2.24) is 30.0 Å². The van der Waals surface area contributed by atoms with Gasteiger partial charge in [-0.3, -0.25) is 0 Å². The number of tetrazole rings is 1. The zero-order valence-corrected chi connectivity index (χ0v) is 11.8. The number of hydrogen-bond acceptors (Lipinski definition) is 4. The highest BCUT2D eigenvalue weighted by Crippen LogP contribution is 2.27. The largest absolute Gasteiger partial charge is 0.226 e. The molecule has 3 rings (SSSR count). The maximum absolute atomic E-state index is 4.35. The molecule has 0 aliphatic rings. The minimum atomic E-state index is 0.566. The van der Waals surface area contributed by atoms with Crippen LogP contribution < -0.4 is 0 Å². The van der Waals surface area contributed by atoms with E-state index >= 15 is 0 Å². The Balaban J connectivity index is 2.04. The molecule has 6 nitrogen and oxygen atoms in total. The number of aryl methyl sites for hydroxylation is 1. The molecule has 0 atom stereocenters. The van der Waals surface area contributed by atoms with E-state index in [-0.39, 0.29) is 0 Å². The highest BCUT2D eigenvalue weighted by atomic mass is 79.9. The third-order valence-corrected chi connectivity index (χ3v) is 3.45. The Bertz CT molecular complexity index is 687. The summed E-state index contributed by atoms with van der Waals surface area (Å²) in [7, 11) is 0. The topological polar surface area (TPSA) is 61.4 Å². The summed E-state index contributed by atoms with van der Waals surface area (Å²) in [4.78, 5) is 1.54. The van der Waals surface area contributed by atoms with E-state index in [1.165, 1.54) is 0 Å². The van der Waals surface area contributed by atoms with E-state index in [9.17, 15) is 0 Å². The number of hydrogen-bond donors (Lipinski definition) is 0. The third-order valence-electron chi connectivity index (χ3n) is 2.69.